The highest BCUT2D eigenvalue weighted by molar-refractivity contribution is 6.36. The van der Waals surface area contributed by atoms with Gasteiger partial charge < -0.3 is 4.90 Å². The highest BCUT2D eigenvalue weighted by Gasteiger charge is 2.35. The first-order valence-electron chi connectivity index (χ1n) is 7.86. The van der Waals surface area contributed by atoms with E-state index < -0.39 is 0 Å². The SMILES string of the molecule is C[C@@H](c1ccccc1)N1CC[C@@H](Cc2c(Cl)cccc2Cl)C1=O. The summed E-state index contributed by atoms with van der Waals surface area (Å²) in [6.07, 6.45) is 1.45. The zero-order valence-corrected chi connectivity index (χ0v) is 14.5. The van der Waals surface area contributed by atoms with Crippen molar-refractivity contribution in [2.45, 2.75) is 25.8 Å². The Bertz CT molecular complexity index is 682. The number of benzene rings is 2. The Morgan fingerprint density at radius 2 is 1.74 bits per heavy atom. The summed E-state index contributed by atoms with van der Waals surface area (Å²) in [4.78, 5) is 14.8. The van der Waals surface area contributed by atoms with E-state index >= 15 is 0 Å². The molecule has 0 spiro atoms. The molecule has 0 aliphatic carbocycles. The standard InChI is InChI=1S/C19H19Cl2NO/c1-13(14-6-3-2-4-7-14)22-11-10-15(19(22)23)12-16-17(20)8-5-9-18(16)21/h2-9,13,15H,10-12H2,1H3/t13-,15-/m0/s1. The van der Waals surface area contributed by atoms with Gasteiger partial charge in [-0.2, -0.15) is 0 Å². The summed E-state index contributed by atoms with van der Waals surface area (Å²) >= 11 is 12.5. The second kappa shape index (κ2) is 6.94. The molecule has 0 aromatic heterocycles. The van der Waals surface area contributed by atoms with Crippen LogP contribution in [0.4, 0.5) is 0 Å². The van der Waals surface area contributed by atoms with Gasteiger partial charge >= 0.3 is 0 Å². The van der Waals surface area contributed by atoms with Gasteiger partial charge in [0.25, 0.3) is 0 Å². The number of halogens is 2. The molecule has 1 saturated heterocycles. The van der Waals surface area contributed by atoms with Gasteiger partial charge in [-0.25, -0.2) is 0 Å². The minimum Gasteiger partial charge on any atom is -0.336 e. The predicted octanol–water partition coefficient (Wildman–Crippen LogP) is 5.15. The average molecular weight is 348 g/mol. The largest absolute Gasteiger partial charge is 0.336 e. The maximum atomic E-state index is 12.8. The molecule has 2 aromatic carbocycles. The second-order valence-electron chi connectivity index (χ2n) is 6.01. The molecule has 4 heteroatoms. The number of hydrogen-bond acceptors (Lipinski definition) is 1. The lowest BCUT2D eigenvalue weighted by atomic mass is 9.98. The van der Waals surface area contributed by atoms with Crippen LogP contribution in [0.15, 0.2) is 48.5 Å². The molecule has 1 heterocycles. The van der Waals surface area contributed by atoms with Crippen molar-refractivity contribution in [3.05, 3.63) is 69.7 Å². The van der Waals surface area contributed by atoms with Crippen molar-refractivity contribution < 1.29 is 4.79 Å². The van der Waals surface area contributed by atoms with Crippen LogP contribution in [0, 0.1) is 5.92 Å². The van der Waals surface area contributed by atoms with E-state index in [0.29, 0.717) is 16.5 Å². The molecule has 1 fully saturated rings. The van der Waals surface area contributed by atoms with E-state index in [2.05, 4.69) is 19.1 Å². The lowest BCUT2D eigenvalue weighted by molar-refractivity contribution is -0.132. The van der Waals surface area contributed by atoms with E-state index in [1.165, 1.54) is 0 Å². The number of carbonyl (C=O) groups excluding carboxylic acids is 1. The minimum atomic E-state index is -0.0430. The van der Waals surface area contributed by atoms with Gasteiger partial charge in [-0.3, -0.25) is 4.79 Å². The van der Waals surface area contributed by atoms with E-state index in [1.807, 2.05) is 41.3 Å². The van der Waals surface area contributed by atoms with E-state index in [9.17, 15) is 4.79 Å². The number of amides is 1. The molecule has 1 aliphatic rings. The summed E-state index contributed by atoms with van der Waals surface area (Å²) in [6.45, 7) is 2.86. The first-order chi connectivity index (χ1) is 11.1. The third-order valence-electron chi connectivity index (χ3n) is 4.61. The summed E-state index contributed by atoms with van der Waals surface area (Å²) < 4.78 is 0. The number of rotatable bonds is 4. The fourth-order valence-electron chi connectivity index (χ4n) is 3.22. The van der Waals surface area contributed by atoms with Crippen LogP contribution in [0.3, 0.4) is 0 Å². The molecular formula is C19H19Cl2NO. The maximum Gasteiger partial charge on any atom is 0.226 e. The lowest BCUT2D eigenvalue weighted by Gasteiger charge is -2.25. The first kappa shape index (κ1) is 16.4. The van der Waals surface area contributed by atoms with Crippen LogP contribution in [-0.2, 0) is 11.2 Å². The van der Waals surface area contributed by atoms with Crippen LogP contribution >= 0.6 is 23.2 Å². The van der Waals surface area contributed by atoms with Crippen molar-refractivity contribution in [1.29, 1.82) is 0 Å². The minimum absolute atomic E-state index is 0.0430. The Morgan fingerprint density at radius 3 is 2.39 bits per heavy atom. The van der Waals surface area contributed by atoms with Crippen molar-refractivity contribution in [2.75, 3.05) is 6.54 Å². The third kappa shape index (κ3) is 3.39. The van der Waals surface area contributed by atoms with Crippen LogP contribution in [0.2, 0.25) is 10.0 Å². The normalized spacial score (nSPS) is 19.2. The molecule has 3 rings (SSSR count). The van der Waals surface area contributed by atoms with Crippen molar-refractivity contribution in [2.24, 2.45) is 5.92 Å². The highest BCUT2D eigenvalue weighted by atomic mass is 35.5. The Labute approximate surface area is 147 Å². The summed E-state index contributed by atoms with van der Waals surface area (Å²) in [5, 5.41) is 1.28. The maximum absolute atomic E-state index is 12.8. The molecule has 1 aliphatic heterocycles. The van der Waals surface area contributed by atoms with E-state index in [0.717, 1.165) is 24.1 Å². The van der Waals surface area contributed by atoms with Gasteiger partial charge in [0.15, 0.2) is 0 Å². The van der Waals surface area contributed by atoms with Gasteiger partial charge in [0.2, 0.25) is 5.91 Å². The molecule has 2 atom stereocenters. The van der Waals surface area contributed by atoms with Crippen LogP contribution in [0.5, 0.6) is 0 Å². The van der Waals surface area contributed by atoms with Crippen molar-refractivity contribution in [3.63, 3.8) is 0 Å². The lowest BCUT2D eigenvalue weighted by Crippen LogP contribution is -2.30. The second-order valence-corrected chi connectivity index (χ2v) is 6.82. The van der Waals surface area contributed by atoms with Gasteiger partial charge in [0.1, 0.15) is 0 Å². The molecule has 1 amide bonds. The molecule has 120 valence electrons. The zero-order chi connectivity index (χ0) is 16.4. The first-order valence-corrected chi connectivity index (χ1v) is 8.62. The van der Waals surface area contributed by atoms with E-state index in [4.69, 9.17) is 23.2 Å². The predicted molar refractivity (Wildman–Crippen MR) is 94.8 cm³/mol. The molecule has 0 unspecified atom stereocenters. The zero-order valence-electron chi connectivity index (χ0n) is 13.0. The summed E-state index contributed by atoms with van der Waals surface area (Å²) in [7, 11) is 0. The van der Waals surface area contributed by atoms with Gasteiger partial charge in [0, 0.05) is 22.5 Å². The summed E-state index contributed by atoms with van der Waals surface area (Å²) in [5.41, 5.74) is 2.04. The molecule has 0 saturated carbocycles. The van der Waals surface area contributed by atoms with Gasteiger partial charge in [0.05, 0.1) is 6.04 Å². The van der Waals surface area contributed by atoms with E-state index in [-0.39, 0.29) is 17.9 Å². The van der Waals surface area contributed by atoms with E-state index in [1.54, 1.807) is 0 Å². The number of hydrogen-bond donors (Lipinski definition) is 0. The molecule has 0 N–H and O–H groups in total. The summed E-state index contributed by atoms with van der Waals surface area (Å²) in [6, 6.07) is 15.7. The smallest absolute Gasteiger partial charge is 0.226 e. The average Bonchev–Trinajstić information content (AvgIpc) is 2.92. The molecule has 2 nitrogen and oxygen atoms in total. The quantitative estimate of drug-likeness (QED) is 0.749. The van der Waals surface area contributed by atoms with Crippen LogP contribution in [0.1, 0.15) is 30.5 Å². The Kier molecular flexibility index (Phi) is 4.93. The third-order valence-corrected chi connectivity index (χ3v) is 5.32. The van der Waals surface area contributed by atoms with Crippen molar-refractivity contribution >= 4 is 29.1 Å². The van der Waals surface area contributed by atoms with Crippen molar-refractivity contribution in [1.82, 2.24) is 4.90 Å². The topological polar surface area (TPSA) is 20.3 Å². The molecule has 0 radical (unpaired) electrons. The molecular weight excluding hydrogens is 329 g/mol. The molecule has 0 bridgehead atoms. The fraction of sp³-hybridized carbons (Fsp3) is 0.316. The van der Waals surface area contributed by atoms with Crippen LogP contribution < -0.4 is 0 Å². The highest BCUT2D eigenvalue weighted by Crippen LogP contribution is 2.33. The van der Waals surface area contributed by atoms with Crippen molar-refractivity contribution in [3.8, 4) is 0 Å². The summed E-state index contributed by atoms with van der Waals surface area (Å²) in [5.74, 6) is 0.149. The van der Waals surface area contributed by atoms with Crippen LogP contribution in [0.25, 0.3) is 0 Å². The van der Waals surface area contributed by atoms with Gasteiger partial charge in [-0.05, 0) is 43.0 Å². The van der Waals surface area contributed by atoms with Gasteiger partial charge in [-0.15, -0.1) is 0 Å². The number of carbonyl (C=O) groups is 1. The number of likely N-dealkylation sites (tertiary alicyclic amines) is 1. The Balaban J connectivity index is 1.74. The van der Waals surface area contributed by atoms with Crippen LogP contribution in [-0.4, -0.2) is 17.4 Å². The van der Waals surface area contributed by atoms with Gasteiger partial charge in [-0.1, -0.05) is 59.6 Å². The number of nitrogens with zero attached hydrogens (tertiary/aromatic N) is 1. The Morgan fingerprint density at radius 1 is 1.09 bits per heavy atom. The monoisotopic (exact) mass is 347 g/mol. The Hall–Kier alpha value is -1.51. The molecule has 23 heavy (non-hydrogen) atoms. The molecule has 2 aromatic rings. The fourth-order valence-corrected chi connectivity index (χ4v) is 3.77.